The number of nitrogens with one attached hydrogen (secondary N) is 1. The van der Waals surface area contributed by atoms with Crippen molar-refractivity contribution in [3.63, 3.8) is 0 Å². The van der Waals surface area contributed by atoms with Gasteiger partial charge >= 0.3 is 6.09 Å². The molecule has 2 fully saturated rings. The second-order valence-electron chi connectivity index (χ2n) is 9.18. The number of piperidine rings is 1. The minimum atomic E-state index is -0.496. The van der Waals surface area contributed by atoms with Gasteiger partial charge in [0.25, 0.3) is 0 Å². The van der Waals surface area contributed by atoms with Gasteiger partial charge in [-0.15, -0.1) is 5.10 Å². The molecule has 0 radical (unpaired) electrons. The highest BCUT2D eigenvalue weighted by molar-refractivity contribution is 6.31. The maximum Gasteiger partial charge on any atom is 0.410 e. The average molecular weight is 437 g/mol. The molecule has 1 N–H and O–H groups in total. The Morgan fingerprint density at radius 3 is 2.70 bits per heavy atom. The summed E-state index contributed by atoms with van der Waals surface area (Å²) in [6.45, 7) is 8.97. The van der Waals surface area contributed by atoms with E-state index in [1.54, 1.807) is 9.42 Å². The summed E-state index contributed by atoms with van der Waals surface area (Å²) in [5, 5.41) is 8.19. The molecule has 0 spiro atoms. The summed E-state index contributed by atoms with van der Waals surface area (Å²) < 4.78 is 13.1. The third-order valence-electron chi connectivity index (χ3n) is 5.51. The second-order valence-corrected chi connectivity index (χ2v) is 9.54. The zero-order chi connectivity index (χ0) is 21.5. The van der Waals surface area contributed by atoms with E-state index in [1.165, 1.54) is 6.33 Å². The molecule has 1 amide bonds. The van der Waals surface area contributed by atoms with E-state index in [0.717, 1.165) is 25.7 Å². The van der Waals surface area contributed by atoms with Crippen molar-refractivity contribution < 1.29 is 14.3 Å². The molecule has 1 aliphatic carbocycles. The molecule has 2 aromatic heterocycles. The van der Waals surface area contributed by atoms with Crippen LogP contribution in [0.3, 0.4) is 0 Å². The Morgan fingerprint density at radius 2 is 2.07 bits per heavy atom. The number of hydrogen-bond acceptors (Lipinski definition) is 7. The summed E-state index contributed by atoms with van der Waals surface area (Å²) in [4.78, 5) is 22.9. The molecule has 4 rings (SSSR count). The van der Waals surface area contributed by atoms with Crippen molar-refractivity contribution in [2.75, 3.05) is 18.4 Å². The number of carbonyl (C=O) groups is 1. The first-order valence-corrected chi connectivity index (χ1v) is 10.9. The number of anilines is 1. The van der Waals surface area contributed by atoms with Crippen molar-refractivity contribution >= 4 is 29.3 Å². The van der Waals surface area contributed by atoms with Crippen LogP contribution in [0.4, 0.5) is 10.7 Å². The predicted octanol–water partition coefficient (Wildman–Crippen LogP) is 3.77. The lowest BCUT2D eigenvalue weighted by atomic mass is 9.94. The summed E-state index contributed by atoms with van der Waals surface area (Å²) >= 11 is 6.26. The molecule has 3 heterocycles. The highest BCUT2D eigenvalue weighted by Crippen LogP contribution is 2.32. The molecule has 2 aliphatic rings. The highest BCUT2D eigenvalue weighted by Gasteiger charge is 2.32. The van der Waals surface area contributed by atoms with Gasteiger partial charge in [0, 0.05) is 19.1 Å². The van der Waals surface area contributed by atoms with Crippen molar-refractivity contribution in [3.8, 4) is 5.75 Å². The fourth-order valence-electron chi connectivity index (χ4n) is 3.65. The Bertz CT molecular complexity index is 923. The van der Waals surface area contributed by atoms with Gasteiger partial charge < -0.3 is 19.7 Å². The number of fused-ring (bicyclic) bond motifs is 1. The molecule has 164 valence electrons. The SMILES string of the molecule is CC1CN(C(=O)OC(C)(C)C)CCC1Nc1nc2c(OC3CCC3)c(Cl)ncn2n1. The Balaban J connectivity index is 1.43. The van der Waals surface area contributed by atoms with Gasteiger partial charge in [-0.05, 0) is 52.4 Å². The molecule has 10 heteroatoms. The van der Waals surface area contributed by atoms with Crippen LogP contribution in [0.2, 0.25) is 5.15 Å². The van der Waals surface area contributed by atoms with Gasteiger partial charge in [0.05, 0.1) is 6.10 Å². The van der Waals surface area contributed by atoms with Crippen LogP contribution in [-0.4, -0.2) is 61.4 Å². The number of rotatable bonds is 4. The number of nitrogens with zero attached hydrogens (tertiary/aromatic N) is 5. The third kappa shape index (κ3) is 4.55. The minimum absolute atomic E-state index is 0.139. The largest absolute Gasteiger partial charge is 0.484 e. The monoisotopic (exact) mass is 436 g/mol. The normalized spacial score (nSPS) is 22.6. The molecule has 1 aliphatic heterocycles. The number of likely N-dealkylation sites (tertiary alicyclic amines) is 1. The van der Waals surface area contributed by atoms with E-state index < -0.39 is 5.60 Å². The Labute approximate surface area is 181 Å². The number of hydrogen-bond donors (Lipinski definition) is 1. The van der Waals surface area contributed by atoms with Crippen LogP contribution in [0.25, 0.3) is 5.65 Å². The molecule has 1 saturated heterocycles. The lowest BCUT2D eigenvalue weighted by Gasteiger charge is -2.37. The summed E-state index contributed by atoms with van der Waals surface area (Å²) in [7, 11) is 0. The number of amides is 1. The van der Waals surface area contributed by atoms with Gasteiger partial charge in [-0.2, -0.15) is 9.50 Å². The molecule has 30 heavy (non-hydrogen) atoms. The fraction of sp³-hybridized carbons (Fsp3) is 0.700. The van der Waals surface area contributed by atoms with Gasteiger partial charge in [-0.25, -0.2) is 9.78 Å². The van der Waals surface area contributed by atoms with Gasteiger partial charge in [0.2, 0.25) is 17.3 Å². The minimum Gasteiger partial charge on any atom is -0.484 e. The van der Waals surface area contributed by atoms with Crippen molar-refractivity contribution in [1.29, 1.82) is 0 Å². The molecule has 2 unspecified atom stereocenters. The fourth-order valence-corrected chi connectivity index (χ4v) is 3.82. The number of halogens is 1. The van der Waals surface area contributed by atoms with Crippen molar-refractivity contribution in [1.82, 2.24) is 24.5 Å². The van der Waals surface area contributed by atoms with Crippen LogP contribution in [0.5, 0.6) is 5.75 Å². The van der Waals surface area contributed by atoms with Gasteiger partial charge in [-0.1, -0.05) is 18.5 Å². The van der Waals surface area contributed by atoms with Crippen LogP contribution in [0.1, 0.15) is 53.4 Å². The molecular weight excluding hydrogens is 408 g/mol. The van der Waals surface area contributed by atoms with E-state index in [-0.39, 0.29) is 24.2 Å². The Hall–Kier alpha value is -2.29. The summed E-state index contributed by atoms with van der Waals surface area (Å²) in [5.74, 6) is 1.20. The number of ether oxygens (including phenoxy) is 2. The molecule has 2 atom stereocenters. The average Bonchev–Trinajstić information content (AvgIpc) is 3.02. The van der Waals surface area contributed by atoms with Crippen molar-refractivity contribution in [2.24, 2.45) is 5.92 Å². The standard InChI is InChI=1S/C20H29ClN6O3/c1-12-10-26(19(28)30-20(2,3)4)9-8-14(12)23-18-24-17-15(29-13-6-5-7-13)16(21)22-11-27(17)25-18/h11-14H,5-10H2,1-4H3,(H,23,25). The van der Waals surface area contributed by atoms with E-state index in [9.17, 15) is 4.79 Å². The van der Waals surface area contributed by atoms with E-state index in [1.807, 2.05) is 20.8 Å². The van der Waals surface area contributed by atoms with Crippen molar-refractivity contribution in [2.45, 2.75) is 71.1 Å². The lowest BCUT2D eigenvalue weighted by Crippen LogP contribution is -2.49. The van der Waals surface area contributed by atoms with Crippen molar-refractivity contribution in [3.05, 3.63) is 11.5 Å². The van der Waals surface area contributed by atoms with Gasteiger partial charge in [-0.3, -0.25) is 0 Å². The molecule has 9 nitrogen and oxygen atoms in total. The Morgan fingerprint density at radius 1 is 1.30 bits per heavy atom. The highest BCUT2D eigenvalue weighted by atomic mass is 35.5. The molecule has 2 aromatic rings. The van der Waals surface area contributed by atoms with Crippen LogP contribution in [0, 0.1) is 5.92 Å². The van der Waals surface area contributed by atoms with Crippen LogP contribution >= 0.6 is 11.6 Å². The summed E-state index contributed by atoms with van der Waals surface area (Å²) in [6, 6.07) is 0.139. The van der Waals surface area contributed by atoms with Gasteiger partial charge in [0.1, 0.15) is 11.9 Å². The second kappa shape index (κ2) is 8.09. The first-order chi connectivity index (χ1) is 14.2. The first-order valence-electron chi connectivity index (χ1n) is 10.5. The van der Waals surface area contributed by atoms with Gasteiger partial charge in [0.15, 0.2) is 5.15 Å². The number of carbonyl (C=O) groups excluding carboxylic acids is 1. The van der Waals surface area contributed by atoms with E-state index in [4.69, 9.17) is 21.1 Å². The van der Waals surface area contributed by atoms with Crippen LogP contribution < -0.4 is 10.1 Å². The maximum absolute atomic E-state index is 12.4. The van der Waals surface area contributed by atoms with E-state index >= 15 is 0 Å². The topological polar surface area (TPSA) is 93.9 Å². The Kier molecular flexibility index (Phi) is 5.65. The van der Waals surface area contributed by atoms with Crippen LogP contribution in [-0.2, 0) is 4.74 Å². The predicted molar refractivity (Wildman–Crippen MR) is 113 cm³/mol. The first kappa shape index (κ1) is 21.0. The smallest absolute Gasteiger partial charge is 0.410 e. The molecule has 0 aromatic carbocycles. The van der Waals surface area contributed by atoms with E-state index in [0.29, 0.717) is 35.6 Å². The zero-order valence-electron chi connectivity index (χ0n) is 17.9. The summed E-state index contributed by atoms with van der Waals surface area (Å²) in [6.07, 6.45) is 5.42. The maximum atomic E-state index is 12.4. The van der Waals surface area contributed by atoms with Crippen LogP contribution in [0.15, 0.2) is 6.33 Å². The number of aromatic nitrogens is 4. The third-order valence-corrected chi connectivity index (χ3v) is 5.78. The molecule has 0 bridgehead atoms. The zero-order valence-corrected chi connectivity index (χ0v) is 18.6. The molecule has 1 saturated carbocycles. The quantitative estimate of drug-likeness (QED) is 0.729. The molecular formula is C20H29ClN6O3. The lowest BCUT2D eigenvalue weighted by molar-refractivity contribution is 0.0165. The summed E-state index contributed by atoms with van der Waals surface area (Å²) in [5.41, 5.74) is 0.0630. The van der Waals surface area contributed by atoms with E-state index in [2.05, 4.69) is 27.3 Å².